The van der Waals surface area contributed by atoms with Gasteiger partial charge in [0.25, 0.3) is 0 Å². The molecule has 0 aliphatic rings. The molecule has 0 aliphatic heterocycles. The number of aromatic amines is 1. The lowest BCUT2D eigenvalue weighted by Gasteiger charge is -2.15. The lowest BCUT2D eigenvalue weighted by Crippen LogP contribution is -2.17. The Morgan fingerprint density at radius 2 is 2.31 bits per heavy atom. The van der Waals surface area contributed by atoms with Crippen LogP contribution in [0.2, 0.25) is 0 Å². The van der Waals surface area contributed by atoms with Crippen LogP contribution in [0.1, 0.15) is 11.4 Å². The maximum absolute atomic E-state index is 5.82. The molecule has 16 heavy (non-hydrogen) atoms. The second kappa shape index (κ2) is 3.88. The van der Waals surface area contributed by atoms with Crippen molar-refractivity contribution in [1.29, 1.82) is 0 Å². The van der Waals surface area contributed by atoms with Crippen molar-refractivity contribution in [2.24, 2.45) is 7.05 Å². The van der Waals surface area contributed by atoms with Gasteiger partial charge in [-0.3, -0.25) is 4.68 Å². The molecule has 0 amide bonds. The molecule has 0 unspecified atom stereocenters. The van der Waals surface area contributed by atoms with Crippen LogP contribution in [0.25, 0.3) is 0 Å². The van der Waals surface area contributed by atoms with Gasteiger partial charge in [-0.15, -0.1) is 0 Å². The van der Waals surface area contributed by atoms with Gasteiger partial charge >= 0.3 is 0 Å². The van der Waals surface area contributed by atoms with E-state index in [2.05, 4.69) is 15.1 Å². The van der Waals surface area contributed by atoms with Crippen molar-refractivity contribution in [3.05, 3.63) is 23.8 Å². The van der Waals surface area contributed by atoms with E-state index < -0.39 is 0 Å². The molecule has 0 saturated heterocycles. The minimum atomic E-state index is 0.601. The Morgan fingerprint density at radius 3 is 2.81 bits per heavy atom. The zero-order valence-electron chi connectivity index (χ0n) is 9.73. The molecular formula is C10H16N6. The molecule has 86 valence electrons. The number of hydrogen-bond acceptors (Lipinski definition) is 4. The average molecular weight is 220 g/mol. The van der Waals surface area contributed by atoms with Crippen LogP contribution in [-0.2, 0) is 13.6 Å². The van der Waals surface area contributed by atoms with Crippen LogP contribution in [0.3, 0.4) is 0 Å². The highest BCUT2D eigenvalue weighted by molar-refractivity contribution is 5.58. The van der Waals surface area contributed by atoms with Gasteiger partial charge in [0, 0.05) is 32.4 Å². The fourth-order valence-electron chi connectivity index (χ4n) is 1.69. The van der Waals surface area contributed by atoms with Crippen LogP contribution in [-0.4, -0.2) is 26.8 Å². The van der Waals surface area contributed by atoms with E-state index in [0.717, 1.165) is 23.8 Å². The van der Waals surface area contributed by atoms with Crippen LogP contribution in [0, 0.1) is 6.92 Å². The molecule has 6 heteroatoms. The molecule has 3 N–H and O–H groups in total. The largest absolute Gasteiger partial charge is 0.382 e. The van der Waals surface area contributed by atoms with E-state index in [1.807, 2.05) is 38.3 Å². The van der Waals surface area contributed by atoms with Crippen LogP contribution >= 0.6 is 0 Å². The van der Waals surface area contributed by atoms with Crippen LogP contribution in [0.4, 0.5) is 11.6 Å². The molecule has 2 heterocycles. The Bertz CT molecular complexity index is 483. The number of nitrogens with zero attached hydrogens (tertiary/aromatic N) is 4. The number of anilines is 2. The Morgan fingerprint density at radius 1 is 1.56 bits per heavy atom. The lowest BCUT2D eigenvalue weighted by molar-refractivity contribution is 0.766. The summed E-state index contributed by atoms with van der Waals surface area (Å²) in [6.07, 6.45) is 3.82. The normalized spacial score (nSPS) is 10.7. The minimum Gasteiger partial charge on any atom is -0.382 e. The second-order valence-corrected chi connectivity index (χ2v) is 3.94. The molecule has 0 saturated carbocycles. The number of nitrogens with two attached hydrogens (primary N) is 1. The molecule has 2 aromatic heterocycles. The van der Waals surface area contributed by atoms with Crippen molar-refractivity contribution in [3.8, 4) is 0 Å². The Balaban J connectivity index is 2.14. The number of nitrogen functional groups attached to an aromatic ring is 1. The fraction of sp³-hybridized carbons (Fsp3) is 0.400. The van der Waals surface area contributed by atoms with Crippen LogP contribution < -0.4 is 10.6 Å². The first-order chi connectivity index (χ1) is 7.56. The molecule has 0 fully saturated rings. The number of H-pyrrole nitrogens is 1. The quantitative estimate of drug-likeness (QED) is 0.797. The monoisotopic (exact) mass is 220 g/mol. The van der Waals surface area contributed by atoms with Crippen molar-refractivity contribution in [3.63, 3.8) is 0 Å². The van der Waals surface area contributed by atoms with E-state index in [-0.39, 0.29) is 0 Å². The molecule has 0 radical (unpaired) electrons. The molecule has 0 spiro atoms. The summed E-state index contributed by atoms with van der Waals surface area (Å²) in [7, 11) is 3.86. The highest BCUT2D eigenvalue weighted by atomic mass is 15.3. The molecule has 2 aromatic rings. The van der Waals surface area contributed by atoms with E-state index in [9.17, 15) is 0 Å². The highest BCUT2D eigenvalue weighted by Gasteiger charge is 2.10. The first kappa shape index (κ1) is 10.5. The van der Waals surface area contributed by atoms with Gasteiger partial charge < -0.3 is 15.6 Å². The molecular weight excluding hydrogens is 204 g/mol. The summed E-state index contributed by atoms with van der Waals surface area (Å²) in [6, 6.07) is 0. The molecule has 0 aliphatic carbocycles. The second-order valence-electron chi connectivity index (χ2n) is 3.94. The third-order valence-corrected chi connectivity index (χ3v) is 2.37. The van der Waals surface area contributed by atoms with Gasteiger partial charge in [0.2, 0.25) is 0 Å². The zero-order valence-corrected chi connectivity index (χ0v) is 9.73. The lowest BCUT2D eigenvalue weighted by atomic mass is 10.3. The highest BCUT2D eigenvalue weighted by Crippen LogP contribution is 2.19. The Labute approximate surface area is 94.1 Å². The van der Waals surface area contributed by atoms with Crippen molar-refractivity contribution in [1.82, 2.24) is 19.7 Å². The summed E-state index contributed by atoms with van der Waals surface area (Å²) in [5.74, 6) is 2.20. The van der Waals surface area contributed by atoms with Crippen molar-refractivity contribution in [2.75, 3.05) is 17.7 Å². The van der Waals surface area contributed by atoms with Crippen molar-refractivity contribution in [2.45, 2.75) is 13.5 Å². The number of aromatic nitrogens is 4. The number of hydrogen-bond donors (Lipinski definition) is 2. The molecule has 2 rings (SSSR count). The van der Waals surface area contributed by atoms with Crippen LogP contribution in [0.15, 0.2) is 12.4 Å². The van der Waals surface area contributed by atoms with Crippen LogP contribution in [0.5, 0.6) is 0 Å². The predicted octanol–water partition coefficient (Wildman–Crippen LogP) is 0.670. The van der Waals surface area contributed by atoms with Gasteiger partial charge in [-0.05, 0) is 6.92 Å². The summed E-state index contributed by atoms with van der Waals surface area (Å²) in [6.45, 7) is 2.63. The maximum atomic E-state index is 5.82. The summed E-state index contributed by atoms with van der Waals surface area (Å²) in [5, 5.41) is 4.12. The van der Waals surface area contributed by atoms with Gasteiger partial charge in [0.1, 0.15) is 11.6 Å². The first-order valence-electron chi connectivity index (χ1n) is 5.07. The van der Waals surface area contributed by atoms with Crippen molar-refractivity contribution >= 4 is 11.6 Å². The van der Waals surface area contributed by atoms with E-state index in [4.69, 9.17) is 5.73 Å². The number of imidazole rings is 1. The standard InChI is InChI=1S/C10H16N6/c1-7-13-9(11)10(14-7)15(2)5-8-4-12-16(3)6-8/h4,6H,5,11H2,1-3H3,(H,13,14). The number of aryl methyl sites for hydroxylation is 2. The average Bonchev–Trinajstić information content (AvgIpc) is 2.73. The molecule has 0 atom stereocenters. The predicted molar refractivity (Wildman–Crippen MR) is 63.1 cm³/mol. The van der Waals surface area contributed by atoms with E-state index in [1.165, 1.54) is 0 Å². The first-order valence-corrected chi connectivity index (χ1v) is 5.07. The Hall–Kier alpha value is -1.98. The number of rotatable bonds is 3. The van der Waals surface area contributed by atoms with Crippen molar-refractivity contribution < 1.29 is 0 Å². The zero-order chi connectivity index (χ0) is 11.7. The van der Waals surface area contributed by atoms with Gasteiger partial charge in [0.05, 0.1) is 6.20 Å². The van der Waals surface area contributed by atoms with Gasteiger partial charge in [-0.25, -0.2) is 4.98 Å². The molecule has 6 nitrogen and oxygen atoms in total. The summed E-state index contributed by atoms with van der Waals surface area (Å²) < 4.78 is 1.78. The Kier molecular flexibility index (Phi) is 2.55. The van der Waals surface area contributed by atoms with Gasteiger partial charge in [-0.1, -0.05) is 0 Å². The third-order valence-electron chi connectivity index (χ3n) is 2.37. The van der Waals surface area contributed by atoms with Gasteiger partial charge in [0.15, 0.2) is 5.82 Å². The minimum absolute atomic E-state index is 0.601. The smallest absolute Gasteiger partial charge is 0.171 e. The van der Waals surface area contributed by atoms with Gasteiger partial charge in [-0.2, -0.15) is 5.10 Å². The maximum Gasteiger partial charge on any atom is 0.171 e. The molecule has 0 aromatic carbocycles. The number of nitrogens with one attached hydrogen (secondary N) is 1. The summed E-state index contributed by atoms with van der Waals surface area (Å²) >= 11 is 0. The summed E-state index contributed by atoms with van der Waals surface area (Å²) in [4.78, 5) is 9.31. The molecule has 0 bridgehead atoms. The SMILES string of the molecule is Cc1nc(N(C)Cc2cnn(C)c2)c(N)[nH]1. The van der Waals surface area contributed by atoms with E-state index in [0.29, 0.717) is 5.82 Å². The van der Waals surface area contributed by atoms with E-state index >= 15 is 0 Å². The fourth-order valence-corrected chi connectivity index (χ4v) is 1.69. The van der Waals surface area contributed by atoms with E-state index in [1.54, 1.807) is 4.68 Å². The third kappa shape index (κ3) is 2.00. The topological polar surface area (TPSA) is 75.8 Å². The summed E-state index contributed by atoms with van der Waals surface area (Å²) in [5.41, 5.74) is 6.95.